The van der Waals surface area contributed by atoms with Gasteiger partial charge in [-0.3, -0.25) is 14.2 Å². The van der Waals surface area contributed by atoms with Crippen molar-refractivity contribution in [3.8, 4) is 11.4 Å². The zero-order valence-electron chi connectivity index (χ0n) is 16.9. The first kappa shape index (κ1) is 22.8. The maximum absolute atomic E-state index is 13.2. The van der Waals surface area contributed by atoms with E-state index in [9.17, 15) is 18.4 Å². The maximum atomic E-state index is 13.2. The number of aromatic nitrogens is 2. The highest BCUT2D eigenvalue weighted by atomic mass is 35.5. The largest absolute Gasteiger partial charge is 0.435 e. The molecular weight excluding hydrogens is 472 g/mol. The fourth-order valence-electron chi connectivity index (χ4n) is 3.10. The van der Waals surface area contributed by atoms with Crippen LogP contribution in [0.1, 0.15) is 0 Å². The van der Waals surface area contributed by atoms with E-state index in [1.807, 2.05) is 0 Å². The summed E-state index contributed by atoms with van der Waals surface area (Å²) in [4.78, 5) is 30.3. The van der Waals surface area contributed by atoms with Gasteiger partial charge in [0.05, 0.1) is 22.3 Å². The molecule has 0 bridgehead atoms. The minimum atomic E-state index is -2.92. The van der Waals surface area contributed by atoms with Crippen molar-refractivity contribution in [1.29, 1.82) is 0 Å². The normalized spacial score (nSPS) is 11.0. The molecule has 0 aliphatic rings. The van der Waals surface area contributed by atoms with Crippen LogP contribution in [-0.2, 0) is 4.79 Å². The standard InChI is InChI=1S/C23H16ClF2N3O3S/c24-14-4-3-5-16(12-14)29-21(31)18-6-1-2-7-19(18)28-23(29)33-13-20(30)27-15-8-10-17(11-9-15)32-22(25)26/h1-12,22H,13H2,(H,27,30). The third kappa shape index (κ3) is 5.50. The van der Waals surface area contributed by atoms with Crippen molar-refractivity contribution in [3.63, 3.8) is 0 Å². The Labute approximate surface area is 196 Å². The Morgan fingerprint density at radius 2 is 1.85 bits per heavy atom. The number of benzene rings is 3. The van der Waals surface area contributed by atoms with Crippen LogP contribution in [0, 0.1) is 0 Å². The van der Waals surface area contributed by atoms with E-state index < -0.39 is 6.61 Å². The van der Waals surface area contributed by atoms with E-state index in [1.54, 1.807) is 48.5 Å². The first-order chi connectivity index (χ1) is 15.9. The van der Waals surface area contributed by atoms with Gasteiger partial charge in [-0.05, 0) is 54.6 Å². The lowest BCUT2D eigenvalue weighted by atomic mass is 10.2. The van der Waals surface area contributed by atoms with Gasteiger partial charge in [0, 0.05) is 10.7 Å². The Kier molecular flexibility index (Phi) is 6.90. The number of nitrogens with zero attached hydrogens (tertiary/aromatic N) is 2. The van der Waals surface area contributed by atoms with Gasteiger partial charge >= 0.3 is 6.61 Å². The predicted octanol–water partition coefficient (Wildman–Crippen LogP) is 5.37. The molecule has 33 heavy (non-hydrogen) atoms. The van der Waals surface area contributed by atoms with E-state index in [0.717, 1.165) is 11.8 Å². The summed E-state index contributed by atoms with van der Waals surface area (Å²) >= 11 is 7.21. The first-order valence-electron chi connectivity index (χ1n) is 9.66. The second-order valence-corrected chi connectivity index (χ2v) is 8.15. The molecule has 0 saturated heterocycles. The van der Waals surface area contributed by atoms with Crippen LogP contribution in [-0.4, -0.2) is 27.8 Å². The number of rotatable bonds is 7. The highest BCUT2D eigenvalue weighted by Gasteiger charge is 2.15. The molecule has 0 unspecified atom stereocenters. The van der Waals surface area contributed by atoms with Crippen LogP contribution in [0.15, 0.2) is 82.7 Å². The molecule has 3 aromatic carbocycles. The fraction of sp³-hybridized carbons (Fsp3) is 0.0870. The molecule has 6 nitrogen and oxygen atoms in total. The van der Waals surface area contributed by atoms with Crippen molar-refractivity contribution in [2.24, 2.45) is 0 Å². The fourth-order valence-corrected chi connectivity index (χ4v) is 4.10. The first-order valence-corrected chi connectivity index (χ1v) is 11.0. The van der Waals surface area contributed by atoms with Crippen molar-refractivity contribution in [2.45, 2.75) is 11.8 Å². The van der Waals surface area contributed by atoms with Gasteiger partial charge in [-0.25, -0.2) is 4.98 Å². The number of carbonyl (C=O) groups excluding carboxylic acids is 1. The zero-order chi connectivity index (χ0) is 23.4. The van der Waals surface area contributed by atoms with Gasteiger partial charge in [-0.15, -0.1) is 0 Å². The summed E-state index contributed by atoms with van der Waals surface area (Å²) in [6.45, 7) is -2.92. The highest BCUT2D eigenvalue weighted by Crippen LogP contribution is 2.24. The molecule has 168 valence electrons. The number of hydrogen-bond donors (Lipinski definition) is 1. The molecule has 0 saturated carbocycles. The minimum Gasteiger partial charge on any atom is -0.435 e. The third-order valence-electron chi connectivity index (χ3n) is 4.51. The zero-order valence-corrected chi connectivity index (χ0v) is 18.4. The number of thioether (sulfide) groups is 1. The van der Waals surface area contributed by atoms with Gasteiger partial charge in [-0.1, -0.05) is 41.6 Å². The number of anilines is 1. The molecule has 0 spiro atoms. The number of carbonyl (C=O) groups is 1. The monoisotopic (exact) mass is 487 g/mol. The van der Waals surface area contributed by atoms with Gasteiger partial charge in [0.15, 0.2) is 5.16 Å². The van der Waals surface area contributed by atoms with Gasteiger partial charge in [0.2, 0.25) is 5.91 Å². The van der Waals surface area contributed by atoms with E-state index in [-0.39, 0.29) is 23.0 Å². The van der Waals surface area contributed by atoms with Crippen LogP contribution in [0.2, 0.25) is 5.02 Å². The molecule has 1 amide bonds. The number of hydrogen-bond acceptors (Lipinski definition) is 5. The number of ether oxygens (including phenoxy) is 1. The summed E-state index contributed by atoms with van der Waals surface area (Å²) in [5, 5.41) is 3.90. The molecule has 0 aliphatic heterocycles. The molecular formula is C23H16ClF2N3O3S. The van der Waals surface area contributed by atoms with Crippen LogP contribution < -0.4 is 15.6 Å². The minimum absolute atomic E-state index is 0.0109. The SMILES string of the molecule is O=C(CSc1nc2ccccc2c(=O)n1-c1cccc(Cl)c1)Nc1ccc(OC(F)F)cc1. The number of amides is 1. The average molecular weight is 488 g/mol. The lowest BCUT2D eigenvalue weighted by Crippen LogP contribution is -2.23. The van der Waals surface area contributed by atoms with Gasteiger partial charge in [-0.2, -0.15) is 8.78 Å². The van der Waals surface area contributed by atoms with Crippen LogP contribution in [0.25, 0.3) is 16.6 Å². The van der Waals surface area contributed by atoms with Crippen LogP contribution in [0.4, 0.5) is 14.5 Å². The summed E-state index contributed by atoms with van der Waals surface area (Å²) in [5.41, 5.74) is 1.18. The van der Waals surface area contributed by atoms with Gasteiger partial charge < -0.3 is 10.1 Å². The molecule has 4 aromatic rings. The van der Waals surface area contributed by atoms with E-state index in [1.165, 1.54) is 28.8 Å². The van der Waals surface area contributed by atoms with Gasteiger partial charge in [0.25, 0.3) is 5.56 Å². The number of halogens is 3. The predicted molar refractivity (Wildman–Crippen MR) is 125 cm³/mol. The molecule has 10 heteroatoms. The Bertz CT molecular complexity index is 1360. The quantitative estimate of drug-likeness (QED) is 0.280. The van der Waals surface area contributed by atoms with E-state index in [4.69, 9.17) is 11.6 Å². The summed E-state index contributed by atoms with van der Waals surface area (Å²) in [6, 6.07) is 19.3. The topological polar surface area (TPSA) is 73.2 Å². The Morgan fingerprint density at radius 1 is 1.09 bits per heavy atom. The van der Waals surface area contributed by atoms with Crippen LogP contribution in [0.5, 0.6) is 5.75 Å². The lowest BCUT2D eigenvalue weighted by Gasteiger charge is -2.13. The molecule has 1 N–H and O–H groups in total. The molecule has 1 heterocycles. The second-order valence-electron chi connectivity index (χ2n) is 6.77. The van der Waals surface area contributed by atoms with Crippen molar-refractivity contribution >= 4 is 45.9 Å². The van der Waals surface area contributed by atoms with Crippen molar-refractivity contribution in [1.82, 2.24) is 9.55 Å². The Balaban J connectivity index is 1.57. The molecule has 1 aromatic heterocycles. The number of fused-ring (bicyclic) bond motifs is 1. The molecule has 0 radical (unpaired) electrons. The van der Waals surface area contributed by atoms with Crippen LogP contribution in [0.3, 0.4) is 0 Å². The smallest absolute Gasteiger partial charge is 0.387 e. The summed E-state index contributed by atoms with van der Waals surface area (Å²) < 4.78 is 30.2. The Morgan fingerprint density at radius 3 is 2.58 bits per heavy atom. The second kappa shape index (κ2) is 10.0. The number of nitrogens with one attached hydrogen (secondary N) is 1. The van der Waals surface area contributed by atoms with E-state index >= 15 is 0 Å². The highest BCUT2D eigenvalue weighted by molar-refractivity contribution is 7.99. The number of para-hydroxylation sites is 1. The van der Waals surface area contributed by atoms with Crippen molar-refractivity contribution in [3.05, 3.63) is 88.2 Å². The van der Waals surface area contributed by atoms with Gasteiger partial charge in [0.1, 0.15) is 5.75 Å². The lowest BCUT2D eigenvalue weighted by molar-refractivity contribution is -0.113. The van der Waals surface area contributed by atoms with Crippen molar-refractivity contribution in [2.75, 3.05) is 11.1 Å². The molecule has 4 rings (SSSR count). The Hall–Kier alpha value is -3.43. The average Bonchev–Trinajstić information content (AvgIpc) is 2.79. The third-order valence-corrected chi connectivity index (χ3v) is 5.68. The van der Waals surface area contributed by atoms with Crippen molar-refractivity contribution < 1.29 is 18.3 Å². The molecule has 0 fully saturated rings. The van der Waals surface area contributed by atoms with Crippen LogP contribution >= 0.6 is 23.4 Å². The van der Waals surface area contributed by atoms with E-state index in [0.29, 0.717) is 32.5 Å². The maximum Gasteiger partial charge on any atom is 0.387 e. The summed E-state index contributed by atoms with van der Waals surface area (Å²) in [7, 11) is 0. The molecule has 0 atom stereocenters. The summed E-state index contributed by atoms with van der Waals surface area (Å²) in [6.07, 6.45) is 0. The van der Waals surface area contributed by atoms with E-state index in [2.05, 4.69) is 15.0 Å². The molecule has 0 aliphatic carbocycles. The summed E-state index contributed by atoms with van der Waals surface area (Å²) in [5.74, 6) is -0.411. The number of alkyl halides is 2.